The molecule has 0 bridgehead atoms. The number of nitrogens with zero attached hydrogens (tertiary/aromatic N) is 2. The van der Waals surface area contributed by atoms with Crippen molar-refractivity contribution in [2.75, 3.05) is 0 Å². The van der Waals surface area contributed by atoms with E-state index >= 15 is 0 Å². The Morgan fingerprint density at radius 2 is 2.00 bits per heavy atom. The molecule has 1 saturated carbocycles. The summed E-state index contributed by atoms with van der Waals surface area (Å²) in [6.45, 7) is 2.11. The van der Waals surface area contributed by atoms with Crippen molar-refractivity contribution < 1.29 is 8.78 Å². The number of hydrogen-bond acceptors (Lipinski definition) is 1. The summed E-state index contributed by atoms with van der Waals surface area (Å²) in [5.74, 6) is -0.749. The molecule has 1 heterocycles. The Hall–Kier alpha value is -1.16. The zero-order valence-corrected chi connectivity index (χ0v) is 11.5. The molecule has 19 heavy (non-hydrogen) atoms. The van der Waals surface area contributed by atoms with Crippen LogP contribution in [0.5, 0.6) is 0 Å². The highest BCUT2D eigenvalue weighted by Crippen LogP contribution is 2.45. The highest BCUT2D eigenvalue weighted by atomic mass is 35.5. The van der Waals surface area contributed by atoms with Crippen LogP contribution in [-0.2, 0) is 11.4 Å². The molecule has 2 nitrogen and oxygen atoms in total. The molecule has 1 fully saturated rings. The third-order valence-corrected chi connectivity index (χ3v) is 4.54. The van der Waals surface area contributed by atoms with Gasteiger partial charge in [-0.25, -0.2) is 13.8 Å². The lowest BCUT2D eigenvalue weighted by Crippen LogP contribution is -2.40. The van der Waals surface area contributed by atoms with Gasteiger partial charge in [-0.05, 0) is 25.7 Å². The first-order chi connectivity index (χ1) is 9.11. The van der Waals surface area contributed by atoms with Crippen LogP contribution in [0, 0.1) is 11.6 Å². The van der Waals surface area contributed by atoms with Gasteiger partial charge in [0, 0.05) is 17.7 Å². The predicted octanol–water partition coefficient (Wildman–Crippen LogP) is 4.34. The fraction of sp³-hybridized carbons (Fsp3) is 0.500. The van der Waals surface area contributed by atoms with Gasteiger partial charge in [0.1, 0.15) is 5.82 Å². The topological polar surface area (TPSA) is 17.8 Å². The Bertz CT molecular complexity index is 626. The van der Waals surface area contributed by atoms with Crippen LogP contribution in [-0.4, -0.2) is 9.55 Å². The Balaban J connectivity index is 2.29. The van der Waals surface area contributed by atoms with Crippen LogP contribution in [0.1, 0.15) is 38.4 Å². The van der Waals surface area contributed by atoms with Crippen molar-refractivity contribution in [3.05, 3.63) is 29.6 Å². The van der Waals surface area contributed by atoms with Gasteiger partial charge in [-0.2, -0.15) is 0 Å². The average Bonchev–Trinajstić information content (AvgIpc) is 2.68. The molecule has 0 spiro atoms. The van der Waals surface area contributed by atoms with Crippen LogP contribution in [0.15, 0.2) is 12.1 Å². The van der Waals surface area contributed by atoms with Crippen molar-refractivity contribution in [2.45, 2.75) is 44.0 Å². The largest absolute Gasteiger partial charge is 0.321 e. The van der Waals surface area contributed by atoms with E-state index in [1.807, 2.05) is 4.57 Å². The molecular weight excluding hydrogens is 270 g/mol. The quantitative estimate of drug-likeness (QED) is 0.767. The van der Waals surface area contributed by atoms with E-state index in [0.29, 0.717) is 16.9 Å². The lowest BCUT2D eigenvalue weighted by atomic mass is 9.74. The second-order valence-electron chi connectivity index (χ2n) is 5.18. The van der Waals surface area contributed by atoms with Crippen molar-refractivity contribution in [1.82, 2.24) is 9.55 Å². The van der Waals surface area contributed by atoms with Crippen molar-refractivity contribution >= 4 is 22.6 Å². The monoisotopic (exact) mass is 284 g/mol. The van der Waals surface area contributed by atoms with Gasteiger partial charge in [0.05, 0.1) is 16.9 Å². The zero-order chi connectivity index (χ0) is 13.6. The maximum absolute atomic E-state index is 13.5. The molecule has 0 amide bonds. The highest BCUT2D eigenvalue weighted by Gasteiger charge is 2.39. The second kappa shape index (κ2) is 4.44. The standard InChI is InChI=1S/C14H15ClF2N2/c1-2-14(4-3-5-14)19-12-7-10(17)9(16)6-11(12)18-13(19)8-15/h6-7H,2-5,8H2,1H3. The Labute approximate surface area is 115 Å². The van der Waals surface area contributed by atoms with E-state index in [-0.39, 0.29) is 11.4 Å². The first-order valence-corrected chi connectivity index (χ1v) is 7.07. The molecule has 1 aliphatic carbocycles. The number of hydrogen-bond donors (Lipinski definition) is 0. The summed E-state index contributed by atoms with van der Waals surface area (Å²) in [5, 5.41) is 0. The number of halogens is 3. The minimum Gasteiger partial charge on any atom is -0.321 e. The number of rotatable bonds is 3. The van der Waals surface area contributed by atoms with Gasteiger partial charge in [-0.1, -0.05) is 6.92 Å². The molecule has 0 aliphatic heterocycles. The molecular formula is C14H15ClF2N2. The maximum atomic E-state index is 13.5. The molecule has 1 aromatic heterocycles. The molecule has 3 rings (SSSR count). The zero-order valence-electron chi connectivity index (χ0n) is 10.7. The molecule has 0 N–H and O–H groups in total. The number of imidazole rings is 1. The Kier molecular flexibility index (Phi) is 3.01. The van der Waals surface area contributed by atoms with Gasteiger partial charge in [-0.3, -0.25) is 0 Å². The highest BCUT2D eigenvalue weighted by molar-refractivity contribution is 6.16. The SMILES string of the molecule is CCC1(n2c(CCl)nc3cc(F)c(F)cc32)CCC1. The van der Waals surface area contributed by atoms with Gasteiger partial charge in [0.15, 0.2) is 11.6 Å². The first-order valence-electron chi connectivity index (χ1n) is 6.54. The van der Waals surface area contributed by atoms with Crippen LogP contribution in [0.25, 0.3) is 11.0 Å². The van der Waals surface area contributed by atoms with E-state index in [1.165, 1.54) is 6.07 Å². The molecule has 102 valence electrons. The number of aromatic nitrogens is 2. The normalized spacial score (nSPS) is 17.7. The molecule has 0 atom stereocenters. The molecule has 1 aromatic carbocycles. The molecule has 0 unspecified atom stereocenters. The summed E-state index contributed by atoms with van der Waals surface area (Å²) in [7, 11) is 0. The van der Waals surface area contributed by atoms with E-state index in [2.05, 4.69) is 11.9 Å². The van der Waals surface area contributed by atoms with E-state index < -0.39 is 11.6 Å². The lowest BCUT2D eigenvalue weighted by molar-refractivity contribution is 0.138. The molecule has 2 aromatic rings. The predicted molar refractivity (Wildman–Crippen MR) is 71.3 cm³/mol. The molecule has 5 heteroatoms. The smallest absolute Gasteiger partial charge is 0.161 e. The summed E-state index contributed by atoms with van der Waals surface area (Å²) in [5.41, 5.74) is 1.11. The number of fused-ring (bicyclic) bond motifs is 1. The summed E-state index contributed by atoms with van der Waals surface area (Å²) in [4.78, 5) is 4.35. The van der Waals surface area contributed by atoms with E-state index in [0.717, 1.165) is 31.7 Å². The van der Waals surface area contributed by atoms with Crippen molar-refractivity contribution in [3.8, 4) is 0 Å². The van der Waals surface area contributed by atoms with Crippen LogP contribution in [0.2, 0.25) is 0 Å². The van der Waals surface area contributed by atoms with Crippen molar-refractivity contribution in [3.63, 3.8) is 0 Å². The Morgan fingerprint density at radius 1 is 1.32 bits per heavy atom. The van der Waals surface area contributed by atoms with Gasteiger partial charge >= 0.3 is 0 Å². The van der Waals surface area contributed by atoms with Gasteiger partial charge in [-0.15, -0.1) is 11.6 Å². The minimum absolute atomic E-state index is 0.0246. The second-order valence-corrected chi connectivity index (χ2v) is 5.45. The van der Waals surface area contributed by atoms with Crippen molar-refractivity contribution in [1.29, 1.82) is 0 Å². The summed E-state index contributed by atoms with van der Waals surface area (Å²) in [6, 6.07) is 2.39. The molecule has 0 radical (unpaired) electrons. The van der Waals surface area contributed by atoms with Gasteiger partial charge < -0.3 is 4.57 Å². The van der Waals surface area contributed by atoms with Gasteiger partial charge in [0.2, 0.25) is 0 Å². The number of alkyl halides is 1. The minimum atomic E-state index is -0.863. The van der Waals surface area contributed by atoms with Crippen molar-refractivity contribution in [2.24, 2.45) is 0 Å². The molecule has 0 saturated heterocycles. The summed E-state index contributed by atoms with van der Waals surface area (Å²) >= 11 is 5.96. The Morgan fingerprint density at radius 3 is 2.53 bits per heavy atom. The third-order valence-electron chi connectivity index (χ3n) is 4.30. The van der Waals surface area contributed by atoms with E-state index in [9.17, 15) is 8.78 Å². The fourth-order valence-corrected chi connectivity index (χ4v) is 3.24. The molecule has 1 aliphatic rings. The third kappa shape index (κ3) is 1.76. The first kappa shape index (κ1) is 12.9. The van der Waals surface area contributed by atoms with Crippen LogP contribution >= 0.6 is 11.6 Å². The average molecular weight is 285 g/mol. The lowest BCUT2D eigenvalue weighted by Gasteiger charge is -2.44. The number of benzene rings is 1. The fourth-order valence-electron chi connectivity index (χ4n) is 3.06. The summed E-state index contributed by atoms with van der Waals surface area (Å²) < 4.78 is 28.8. The maximum Gasteiger partial charge on any atom is 0.161 e. The van der Waals surface area contributed by atoms with Crippen LogP contribution < -0.4 is 0 Å². The van der Waals surface area contributed by atoms with Crippen LogP contribution in [0.4, 0.5) is 8.78 Å². The van der Waals surface area contributed by atoms with E-state index in [4.69, 9.17) is 11.6 Å². The summed E-state index contributed by atoms with van der Waals surface area (Å²) in [6.07, 6.45) is 4.18. The van der Waals surface area contributed by atoms with E-state index in [1.54, 1.807) is 0 Å². The van der Waals surface area contributed by atoms with Gasteiger partial charge in [0.25, 0.3) is 0 Å². The van der Waals surface area contributed by atoms with Crippen LogP contribution in [0.3, 0.4) is 0 Å².